The van der Waals surface area contributed by atoms with E-state index >= 15 is 0 Å². The molecule has 1 aromatic heterocycles. The van der Waals surface area contributed by atoms with E-state index in [-0.39, 0.29) is 0 Å². The molecule has 0 unspecified atom stereocenters. The van der Waals surface area contributed by atoms with Crippen molar-refractivity contribution in [3.8, 4) is 11.3 Å². The first-order valence-electron chi connectivity index (χ1n) is 7.36. The Bertz CT molecular complexity index is 536. The standard InChI is InChI=1S/C18H21N/c1-14-11-12-19-18(13-14)17-9-7-16(8-10-17)15-5-3-2-4-6-15/h7-13,15H,2-6H2,1H3. The Balaban J connectivity index is 1.82. The maximum absolute atomic E-state index is 4.45. The molecule has 1 heterocycles. The molecule has 0 spiro atoms. The van der Waals surface area contributed by atoms with Gasteiger partial charge in [0.2, 0.25) is 0 Å². The minimum absolute atomic E-state index is 0.785. The minimum atomic E-state index is 0.785. The lowest BCUT2D eigenvalue weighted by molar-refractivity contribution is 0.443. The molecule has 1 saturated carbocycles. The molecule has 1 aliphatic rings. The molecule has 0 bridgehead atoms. The van der Waals surface area contributed by atoms with E-state index in [9.17, 15) is 0 Å². The van der Waals surface area contributed by atoms with Crippen LogP contribution in [0.2, 0.25) is 0 Å². The monoisotopic (exact) mass is 251 g/mol. The lowest BCUT2D eigenvalue weighted by atomic mass is 9.84. The summed E-state index contributed by atoms with van der Waals surface area (Å²) in [6, 6.07) is 13.2. The van der Waals surface area contributed by atoms with Gasteiger partial charge >= 0.3 is 0 Å². The van der Waals surface area contributed by atoms with E-state index in [4.69, 9.17) is 0 Å². The molecular formula is C18H21N. The van der Waals surface area contributed by atoms with Gasteiger partial charge in [-0.15, -0.1) is 0 Å². The van der Waals surface area contributed by atoms with Crippen LogP contribution in [0, 0.1) is 6.92 Å². The van der Waals surface area contributed by atoms with Gasteiger partial charge in [-0.1, -0.05) is 43.5 Å². The normalized spacial score (nSPS) is 16.5. The molecule has 0 atom stereocenters. The molecule has 1 fully saturated rings. The number of hydrogen-bond acceptors (Lipinski definition) is 1. The van der Waals surface area contributed by atoms with Crippen molar-refractivity contribution >= 4 is 0 Å². The molecule has 1 aromatic carbocycles. The van der Waals surface area contributed by atoms with Crippen LogP contribution in [0.1, 0.15) is 49.1 Å². The van der Waals surface area contributed by atoms with Crippen molar-refractivity contribution in [2.24, 2.45) is 0 Å². The second kappa shape index (κ2) is 5.56. The van der Waals surface area contributed by atoms with Crippen molar-refractivity contribution in [3.63, 3.8) is 0 Å². The molecule has 0 N–H and O–H groups in total. The van der Waals surface area contributed by atoms with Crippen molar-refractivity contribution in [2.75, 3.05) is 0 Å². The third-order valence-corrected chi connectivity index (χ3v) is 4.20. The summed E-state index contributed by atoms with van der Waals surface area (Å²) >= 11 is 0. The van der Waals surface area contributed by atoms with Crippen LogP contribution in [-0.2, 0) is 0 Å². The zero-order chi connectivity index (χ0) is 13.1. The molecule has 0 radical (unpaired) electrons. The maximum atomic E-state index is 4.45. The summed E-state index contributed by atoms with van der Waals surface area (Å²) in [6.07, 6.45) is 8.82. The van der Waals surface area contributed by atoms with E-state index in [1.807, 2.05) is 12.3 Å². The van der Waals surface area contributed by atoms with Crippen LogP contribution < -0.4 is 0 Å². The highest BCUT2D eigenvalue weighted by Crippen LogP contribution is 2.33. The molecule has 0 amide bonds. The number of pyridine rings is 1. The van der Waals surface area contributed by atoms with Crippen molar-refractivity contribution in [1.29, 1.82) is 0 Å². The Morgan fingerprint density at radius 3 is 2.37 bits per heavy atom. The Morgan fingerprint density at radius 2 is 1.68 bits per heavy atom. The van der Waals surface area contributed by atoms with Crippen LogP contribution in [0.4, 0.5) is 0 Å². The Labute approximate surface area is 115 Å². The molecule has 0 aliphatic heterocycles. The lowest BCUT2D eigenvalue weighted by Gasteiger charge is -2.22. The highest BCUT2D eigenvalue weighted by atomic mass is 14.7. The quantitative estimate of drug-likeness (QED) is 0.723. The van der Waals surface area contributed by atoms with Gasteiger partial charge in [-0.3, -0.25) is 4.98 Å². The fourth-order valence-corrected chi connectivity index (χ4v) is 3.06. The number of hydrogen-bond donors (Lipinski definition) is 0. The van der Waals surface area contributed by atoms with Gasteiger partial charge in [0.25, 0.3) is 0 Å². The predicted octanol–water partition coefficient (Wildman–Crippen LogP) is 5.10. The van der Waals surface area contributed by atoms with Crippen LogP contribution >= 0.6 is 0 Å². The molecule has 98 valence electrons. The van der Waals surface area contributed by atoms with Gasteiger partial charge in [0.05, 0.1) is 5.69 Å². The van der Waals surface area contributed by atoms with E-state index in [2.05, 4.69) is 42.2 Å². The third-order valence-electron chi connectivity index (χ3n) is 4.20. The Morgan fingerprint density at radius 1 is 0.947 bits per heavy atom. The van der Waals surface area contributed by atoms with Gasteiger partial charge in [0.15, 0.2) is 0 Å². The Hall–Kier alpha value is -1.63. The summed E-state index contributed by atoms with van der Waals surface area (Å²) < 4.78 is 0. The number of aryl methyl sites for hydroxylation is 1. The van der Waals surface area contributed by atoms with E-state index in [0.717, 1.165) is 11.6 Å². The molecule has 0 saturated heterocycles. The highest BCUT2D eigenvalue weighted by Gasteiger charge is 2.15. The smallest absolute Gasteiger partial charge is 0.0704 e. The summed E-state index contributed by atoms with van der Waals surface area (Å²) in [4.78, 5) is 4.45. The number of benzene rings is 1. The average molecular weight is 251 g/mol. The van der Waals surface area contributed by atoms with Gasteiger partial charge in [-0.25, -0.2) is 0 Å². The van der Waals surface area contributed by atoms with Crippen LogP contribution in [0.3, 0.4) is 0 Å². The molecule has 1 heteroatoms. The van der Waals surface area contributed by atoms with E-state index in [1.54, 1.807) is 0 Å². The topological polar surface area (TPSA) is 12.9 Å². The second-order valence-corrected chi connectivity index (χ2v) is 5.68. The van der Waals surface area contributed by atoms with Gasteiger partial charge in [-0.05, 0) is 48.9 Å². The summed E-state index contributed by atoms with van der Waals surface area (Å²) in [6.45, 7) is 2.11. The fraction of sp³-hybridized carbons (Fsp3) is 0.389. The highest BCUT2D eigenvalue weighted by molar-refractivity contribution is 5.60. The van der Waals surface area contributed by atoms with Crippen LogP contribution in [0.5, 0.6) is 0 Å². The Kier molecular flexibility index (Phi) is 3.63. The lowest BCUT2D eigenvalue weighted by Crippen LogP contribution is -2.04. The zero-order valence-electron chi connectivity index (χ0n) is 11.6. The first kappa shape index (κ1) is 12.4. The van der Waals surface area contributed by atoms with Crippen LogP contribution in [0.25, 0.3) is 11.3 Å². The minimum Gasteiger partial charge on any atom is -0.256 e. The number of rotatable bonds is 2. The van der Waals surface area contributed by atoms with Crippen molar-refractivity contribution in [2.45, 2.75) is 44.9 Å². The predicted molar refractivity (Wildman–Crippen MR) is 80.2 cm³/mol. The summed E-state index contributed by atoms with van der Waals surface area (Å²) in [5.41, 5.74) is 5.08. The average Bonchev–Trinajstić information content (AvgIpc) is 2.48. The molecule has 19 heavy (non-hydrogen) atoms. The van der Waals surface area contributed by atoms with E-state index < -0.39 is 0 Å². The van der Waals surface area contributed by atoms with Crippen molar-refractivity contribution < 1.29 is 0 Å². The van der Waals surface area contributed by atoms with Crippen LogP contribution in [-0.4, -0.2) is 4.98 Å². The zero-order valence-corrected chi connectivity index (χ0v) is 11.6. The van der Waals surface area contributed by atoms with Gasteiger partial charge < -0.3 is 0 Å². The fourth-order valence-electron chi connectivity index (χ4n) is 3.06. The van der Waals surface area contributed by atoms with Gasteiger partial charge in [0.1, 0.15) is 0 Å². The second-order valence-electron chi connectivity index (χ2n) is 5.68. The number of aromatic nitrogens is 1. The van der Waals surface area contributed by atoms with Crippen molar-refractivity contribution in [3.05, 3.63) is 53.7 Å². The SMILES string of the molecule is Cc1ccnc(-c2ccc(C3CCCCC3)cc2)c1. The maximum Gasteiger partial charge on any atom is 0.0704 e. The summed E-state index contributed by atoms with van der Waals surface area (Å²) in [5, 5.41) is 0. The number of nitrogens with zero attached hydrogens (tertiary/aromatic N) is 1. The molecule has 3 rings (SSSR count). The first-order chi connectivity index (χ1) is 9.33. The van der Waals surface area contributed by atoms with E-state index in [1.165, 1.54) is 48.8 Å². The summed E-state index contributed by atoms with van der Waals surface area (Å²) in [7, 11) is 0. The molecule has 2 aromatic rings. The third kappa shape index (κ3) is 2.86. The largest absolute Gasteiger partial charge is 0.256 e. The van der Waals surface area contributed by atoms with E-state index in [0.29, 0.717) is 0 Å². The van der Waals surface area contributed by atoms with Gasteiger partial charge in [0, 0.05) is 11.8 Å². The molecular weight excluding hydrogens is 230 g/mol. The summed E-state index contributed by atoms with van der Waals surface area (Å²) in [5.74, 6) is 0.785. The van der Waals surface area contributed by atoms with Crippen LogP contribution in [0.15, 0.2) is 42.6 Å². The van der Waals surface area contributed by atoms with Crippen molar-refractivity contribution in [1.82, 2.24) is 4.98 Å². The first-order valence-corrected chi connectivity index (χ1v) is 7.36. The van der Waals surface area contributed by atoms with Gasteiger partial charge in [-0.2, -0.15) is 0 Å². The molecule has 1 nitrogen and oxygen atoms in total. The molecule has 1 aliphatic carbocycles.